The number of benzene rings is 1. The minimum absolute atomic E-state index is 0.0119. The summed E-state index contributed by atoms with van der Waals surface area (Å²) < 4.78 is 171. The smallest absolute Gasteiger partial charge is 0.293 e. The van der Waals surface area contributed by atoms with Crippen LogP contribution >= 0.6 is 11.6 Å². The number of aromatic nitrogens is 3. The molecular formula is C41H38ClF8N7O5S2. The second-order valence-electron chi connectivity index (χ2n) is 16.9. The van der Waals surface area contributed by atoms with E-state index < -0.39 is 127 Å². The van der Waals surface area contributed by atoms with Crippen molar-refractivity contribution in [2.45, 2.75) is 98.8 Å². The number of pyridine rings is 1. The molecule has 5 atom stereocenters. The monoisotopic (exact) mass is 959 g/mol. The van der Waals surface area contributed by atoms with Crippen molar-refractivity contribution in [3.05, 3.63) is 104 Å². The van der Waals surface area contributed by atoms with E-state index in [0.29, 0.717) is 23.6 Å². The van der Waals surface area contributed by atoms with Crippen LogP contribution in [0.25, 0.3) is 0 Å². The third-order valence-corrected chi connectivity index (χ3v) is 15.9. The van der Waals surface area contributed by atoms with Crippen LogP contribution in [0.2, 0.25) is 0 Å². The number of hydrazine groups is 1. The molecule has 5 aliphatic rings. The van der Waals surface area contributed by atoms with E-state index >= 15 is 8.78 Å². The van der Waals surface area contributed by atoms with Gasteiger partial charge >= 0.3 is 0 Å². The van der Waals surface area contributed by atoms with Gasteiger partial charge in [-0.2, -0.15) is 13.9 Å². The molecule has 1 aliphatic heterocycles. The van der Waals surface area contributed by atoms with Crippen molar-refractivity contribution in [2.24, 2.45) is 10.3 Å². The van der Waals surface area contributed by atoms with Crippen LogP contribution in [0.1, 0.15) is 96.9 Å². The van der Waals surface area contributed by atoms with Gasteiger partial charge in [0.2, 0.25) is 5.91 Å². The Morgan fingerprint density at radius 1 is 1.08 bits per heavy atom. The van der Waals surface area contributed by atoms with Crippen molar-refractivity contribution in [3.8, 4) is 11.8 Å². The second-order valence-corrected chi connectivity index (χ2v) is 21.7. The van der Waals surface area contributed by atoms with E-state index in [0.717, 1.165) is 23.4 Å². The molecule has 2 unspecified atom stereocenters. The molecule has 3 heterocycles. The zero-order valence-corrected chi connectivity index (χ0v) is 36.3. The lowest BCUT2D eigenvalue weighted by Gasteiger charge is -2.33. The molecule has 1 saturated heterocycles. The zero-order valence-electron chi connectivity index (χ0n) is 33.9. The lowest BCUT2D eigenvalue weighted by molar-refractivity contribution is -0.123. The summed E-state index contributed by atoms with van der Waals surface area (Å²) in [5, 5.41) is 6.53. The standard InChI is InChI=1S/C41H38ClF8N7O5S2/c1-40(2,63(3,59)60)11-10-22-4-7-24(25-8-9-28(42)33-36(25)56(17-30(45)46)54-39(33)55-64(61,62)23-5-6-23)34(51-22)29(14-19-12-20(43)15-21(44)13-19)52-31(58)18-57-37-32(35(53-57)38(47)48)26-16-27(26)41(37,49)50/h4,7-9,12-13,15,23,25-27,29-30,36,38H,5-6,14,16-18H2,1-3H3,(H,52,58)(H,54,55)/t25?,26-,27+,29-,36?/m0/s1. The quantitative estimate of drug-likeness (QED) is 0.145. The molecule has 8 rings (SSSR count). The second kappa shape index (κ2) is 16.2. The number of nitrogens with one attached hydrogen (secondary N) is 2. The lowest BCUT2D eigenvalue weighted by atomic mass is 9.81. The van der Waals surface area contributed by atoms with Crippen molar-refractivity contribution < 1.29 is 56.8 Å². The van der Waals surface area contributed by atoms with Gasteiger partial charge in [-0.05, 0) is 86.8 Å². The molecule has 342 valence electrons. The molecule has 2 aromatic heterocycles. The van der Waals surface area contributed by atoms with E-state index in [4.69, 9.17) is 11.6 Å². The van der Waals surface area contributed by atoms with E-state index in [1.807, 2.05) is 0 Å². The minimum atomic E-state index is -4.11. The van der Waals surface area contributed by atoms with E-state index in [9.17, 15) is 48.0 Å². The topological polar surface area (TPSA) is 156 Å². The van der Waals surface area contributed by atoms with Crippen molar-refractivity contribution in [3.63, 3.8) is 0 Å². The first-order valence-corrected chi connectivity index (χ1v) is 23.6. The van der Waals surface area contributed by atoms with Gasteiger partial charge in [-0.1, -0.05) is 29.7 Å². The highest BCUT2D eigenvalue weighted by molar-refractivity contribution is 7.92. The van der Waals surface area contributed by atoms with E-state index in [1.54, 1.807) is 0 Å². The van der Waals surface area contributed by atoms with Crippen LogP contribution in [-0.2, 0) is 43.5 Å². The number of carbonyl (C=O) groups excluding carboxylic acids is 1. The minimum Gasteiger partial charge on any atom is -0.346 e. The van der Waals surface area contributed by atoms with Crippen LogP contribution in [0.4, 0.5) is 35.1 Å². The Bertz CT molecular complexity index is 2820. The molecule has 1 aromatic carbocycles. The summed E-state index contributed by atoms with van der Waals surface area (Å²) in [5.41, 5.74) is 0.441. The van der Waals surface area contributed by atoms with Gasteiger partial charge < -0.3 is 10.7 Å². The maximum Gasteiger partial charge on any atom is 0.293 e. The Morgan fingerprint density at radius 2 is 1.77 bits per heavy atom. The molecular weight excluding hydrogens is 922 g/mol. The van der Waals surface area contributed by atoms with E-state index in [2.05, 4.69) is 37.1 Å². The Kier molecular flexibility index (Phi) is 11.6. The number of sulfonamides is 1. The first-order chi connectivity index (χ1) is 29.9. The number of alkyl halides is 6. The average molecular weight is 960 g/mol. The SMILES string of the molecule is CC(C)(C#Cc1ccc(C2C=CC(Cl)=C3/C(=N/S(=O)(=O)C4CC4)NN(CC(F)F)C32)c([C@H](Cc2cc(F)cc(F)c2)NC(=O)Cn2nc(C(F)F)c3c2C(F)(F)[C@@H]2C[C@H]32)n1)S(C)(=O)=O. The summed E-state index contributed by atoms with van der Waals surface area (Å²) >= 11 is 6.66. The number of nitrogens with zero attached hydrogens (tertiary/aromatic N) is 5. The number of amidine groups is 1. The maximum atomic E-state index is 15.5. The molecule has 4 aliphatic carbocycles. The Morgan fingerprint density at radius 3 is 2.39 bits per heavy atom. The first-order valence-electron chi connectivity index (χ1n) is 19.8. The summed E-state index contributed by atoms with van der Waals surface area (Å²) in [5.74, 6) is -4.90. The fraction of sp³-hybridized carbons (Fsp3) is 0.463. The molecule has 2 saturated carbocycles. The Hall–Kier alpha value is -4.85. The number of carbonyl (C=O) groups is 1. The summed E-state index contributed by atoms with van der Waals surface area (Å²) in [7, 11) is -7.89. The average Bonchev–Trinajstić information content (AvgIpc) is 4.10. The predicted molar refractivity (Wildman–Crippen MR) is 217 cm³/mol. The molecule has 0 radical (unpaired) electrons. The van der Waals surface area contributed by atoms with Crippen LogP contribution in [0.3, 0.4) is 0 Å². The summed E-state index contributed by atoms with van der Waals surface area (Å²) in [6.45, 7) is 0.665. The van der Waals surface area contributed by atoms with Gasteiger partial charge in [0.15, 0.2) is 15.7 Å². The molecule has 0 bridgehead atoms. The summed E-state index contributed by atoms with van der Waals surface area (Å²) in [4.78, 5) is 18.8. The van der Waals surface area contributed by atoms with Gasteiger partial charge in [0.05, 0.1) is 29.6 Å². The van der Waals surface area contributed by atoms with Crippen molar-refractivity contribution >= 4 is 43.2 Å². The molecule has 3 aromatic rings. The van der Waals surface area contributed by atoms with E-state index in [1.165, 1.54) is 38.1 Å². The molecule has 2 N–H and O–H groups in total. The number of allylic oxidation sites excluding steroid dienone is 2. The van der Waals surface area contributed by atoms with Gasteiger partial charge in [-0.15, -0.1) is 4.40 Å². The highest BCUT2D eigenvalue weighted by Gasteiger charge is 2.67. The van der Waals surface area contributed by atoms with Gasteiger partial charge in [0.25, 0.3) is 28.8 Å². The normalized spacial score (nSPS) is 23.8. The first kappa shape index (κ1) is 45.7. The fourth-order valence-corrected chi connectivity index (χ4v) is 10.1. The van der Waals surface area contributed by atoms with Gasteiger partial charge in [-0.25, -0.2) is 53.2 Å². The number of sulfone groups is 1. The number of fused-ring (bicyclic) bond motifs is 4. The number of hydrogen-bond donors (Lipinski definition) is 2. The predicted octanol–water partition coefficient (Wildman–Crippen LogP) is 6.47. The van der Waals surface area contributed by atoms with Gasteiger partial charge in [0, 0.05) is 40.3 Å². The molecule has 64 heavy (non-hydrogen) atoms. The van der Waals surface area contributed by atoms with Crippen LogP contribution in [0.15, 0.2) is 57.5 Å². The Balaban J connectivity index is 1.26. The maximum absolute atomic E-state index is 15.5. The van der Waals surface area contributed by atoms with Crippen molar-refractivity contribution in [1.29, 1.82) is 0 Å². The third kappa shape index (κ3) is 8.67. The molecule has 23 heteroatoms. The summed E-state index contributed by atoms with van der Waals surface area (Å²) in [6.07, 6.45) is -2.25. The van der Waals surface area contributed by atoms with Gasteiger partial charge in [-0.3, -0.25) is 9.48 Å². The largest absolute Gasteiger partial charge is 0.346 e. The number of rotatable bonds is 13. The molecule has 0 spiro atoms. The number of halogens is 9. The highest BCUT2D eigenvalue weighted by atomic mass is 35.5. The van der Waals surface area contributed by atoms with Crippen LogP contribution in [-0.4, -0.2) is 83.6 Å². The third-order valence-electron chi connectivity index (χ3n) is 11.9. The van der Waals surface area contributed by atoms with Crippen LogP contribution in [0.5, 0.6) is 0 Å². The van der Waals surface area contributed by atoms with Crippen LogP contribution in [0, 0.1) is 29.4 Å². The van der Waals surface area contributed by atoms with Crippen molar-refractivity contribution in [1.82, 2.24) is 30.5 Å². The molecule has 3 fully saturated rings. The zero-order chi connectivity index (χ0) is 46.4. The fourth-order valence-electron chi connectivity index (χ4n) is 8.35. The number of amides is 1. The lowest BCUT2D eigenvalue weighted by Crippen LogP contribution is -2.44. The Labute approximate surface area is 367 Å². The van der Waals surface area contributed by atoms with E-state index in [-0.39, 0.29) is 50.9 Å². The number of hydrogen-bond acceptors (Lipinski definition) is 8. The van der Waals surface area contributed by atoms with Crippen molar-refractivity contribution in [2.75, 3.05) is 12.8 Å². The molecule has 1 amide bonds. The summed E-state index contributed by atoms with van der Waals surface area (Å²) in [6, 6.07) is 2.52. The molecule has 12 nitrogen and oxygen atoms in total. The highest BCUT2D eigenvalue weighted by Crippen LogP contribution is 2.68. The van der Waals surface area contributed by atoms with Crippen LogP contribution < -0.4 is 10.7 Å². The van der Waals surface area contributed by atoms with Gasteiger partial charge in [0.1, 0.15) is 40.0 Å².